The van der Waals surface area contributed by atoms with Crippen LogP contribution in [0, 0.1) is 0 Å². The minimum Gasteiger partial charge on any atom is -0.382 e. The van der Waals surface area contributed by atoms with Crippen molar-refractivity contribution in [3.63, 3.8) is 0 Å². The van der Waals surface area contributed by atoms with E-state index < -0.39 is 10.0 Å². The van der Waals surface area contributed by atoms with Gasteiger partial charge in [0.25, 0.3) is 0 Å². The van der Waals surface area contributed by atoms with Crippen molar-refractivity contribution in [2.75, 3.05) is 23.4 Å². The first-order valence-corrected chi connectivity index (χ1v) is 8.40. The maximum Gasteiger partial charge on any atom is 0.229 e. The third-order valence-corrected chi connectivity index (χ3v) is 3.54. The topological polar surface area (TPSA) is 67.4 Å². The summed E-state index contributed by atoms with van der Waals surface area (Å²) in [5.74, 6) is 0. The summed E-state index contributed by atoms with van der Waals surface area (Å²) in [5, 5.41) is 3.34. The van der Waals surface area contributed by atoms with Crippen LogP contribution in [0.25, 0.3) is 0 Å². The predicted octanol–water partition coefficient (Wildman–Crippen LogP) is 2.67. The standard InChI is InChI=1S/C14H24N2O3S/c1-11(10-14(2,3)19-4)15-12-7-6-8-13(9-12)16-20(5,17)18/h6-9,11,15-16H,10H2,1-5H3. The molecule has 114 valence electrons. The molecular weight excluding hydrogens is 276 g/mol. The number of benzene rings is 1. The average Bonchev–Trinajstić information content (AvgIpc) is 2.26. The van der Waals surface area contributed by atoms with Crippen molar-refractivity contribution in [3.05, 3.63) is 24.3 Å². The van der Waals surface area contributed by atoms with Gasteiger partial charge in [-0.1, -0.05) is 6.07 Å². The molecular formula is C14H24N2O3S. The van der Waals surface area contributed by atoms with Crippen LogP contribution in [0.3, 0.4) is 0 Å². The van der Waals surface area contributed by atoms with Crippen molar-refractivity contribution in [3.8, 4) is 0 Å². The first kappa shape index (κ1) is 16.8. The number of nitrogens with one attached hydrogen (secondary N) is 2. The number of anilines is 2. The van der Waals surface area contributed by atoms with Gasteiger partial charge in [-0.05, 0) is 45.4 Å². The van der Waals surface area contributed by atoms with Crippen LogP contribution >= 0.6 is 0 Å². The molecule has 0 aromatic heterocycles. The zero-order valence-corrected chi connectivity index (χ0v) is 13.5. The molecule has 1 unspecified atom stereocenters. The van der Waals surface area contributed by atoms with E-state index in [1.165, 1.54) is 0 Å². The lowest BCUT2D eigenvalue weighted by Gasteiger charge is -2.27. The number of rotatable bonds is 7. The lowest BCUT2D eigenvalue weighted by molar-refractivity contribution is 0.0128. The van der Waals surface area contributed by atoms with Gasteiger partial charge in [0.05, 0.1) is 17.5 Å². The molecule has 2 N–H and O–H groups in total. The monoisotopic (exact) mass is 300 g/mol. The molecule has 0 amide bonds. The highest BCUT2D eigenvalue weighted by Crippen LogP contribution is 2.21. The van der Waals surface area contributed by atoms with Crippen LogP contribution in [0.2, 0.25) is 0 Å². The normalized spacial score (nSPS) is 13.8. The van der Waals surface area contributed by atoms with E-state index in [1.807, 2.05) is 26.0 Å². The van der Waals surface area contributed by atoms with Gasteiger partial charge in [-0.3, -0.25) is 4.72 Å². The Hall–Kier alpha value is -1.27. The Morgan fingerprint density at radius 1 is 1.30 bits per heavy atom. The Kier molecular flexibility index (Phi) is 5.42. The van der Waals surface area contributed by atoms with Crippen LogP contribution in [-0.4, -0.2) is 33.4 Å². The largest absolute Gasteiger partial charge is 0.382 e. The molecule has 0 saturated heterocycles. The van der Waals surface area contributed by atoms with Gasteiger partial charge in [0.2, 0.25) is 10.0 Å². The van der Waals surface area contributed by atoms with E-state index in [2.05, 4.69) is 17.0 Å². The van der Waals surface area contributed by atoms with Gasteiger partial charge in [-0.15, -0.1) is 0 Å². The molecule has 6 heteroatoms. The number of hydrogen-bond donors (Lipinski definition) is 2. The van der Waals surface area contributed by atoms with Crippen LogP contribution in [0.4, 0.5) is 11.4 Å². The molecule has 1 rings (SSSR count). The third kappa shape index (κ3) is 6.25. The maximum absolute atomic E-state index is 11.2. The SMILES string of the molecule is COC(C)(C)CC(C)Nc1cccc(NS(C)(=O)=O)c1. The molecule has 0 heterocycles. The second-order valence-corrected chi connectivity index (χ2v) is 7.42. The van der Waals surface area contributed by atoms with Gasteiger partial charge in [0.15, 0.2) is 0 Å². The van der Waals surface area contributed by atoms with E-state index in [-0.39, 0.29) is 11.6 Å². The minimum atomic E-state index is -3.25. The lowest BCUT2D eigenvalue weighted by atomic mass is 9.99. The Morgan fingerprint density at radius 2 is 1.90 bits per heavy atom. The maximum atomic E-state index is 11.2. The molecule has 0 aliphatic heterocycles. The minimum absolute atomic E-state index is 0.199. The zero-order chi connectivity index (χ0) is 15.4. The van der Waals surface area contributed by atoms with Gasteiger partial charge in [-0.2, -0.15) is 0 Å². The van der Waals surface area contributed by atoms with Crippen molar-refractivity contribution < 1.29 is 13.2 Å². The summed E-state index contributed by atoms with van der Waals surface area (Å²) in [6, 6.07) is 7.42. The molecule has 0 fully saturated rings. The van der Waals surface area contributed by atoms with E-state index in [0.29, 0.717) is 5.69 Å². The summed E-state index contributed by atoms with van der Waals surface area (Å²) in [5.41, 5.74) is 1.23. The molecule has 0 aliphatic carbocycles. The molecule has 20 heavy (non-hydrogen) atoms. The summed E-state index contributed by atoms with van der Waals surface area (Å²) in [7, 11) is -1.56. The lowest BCUT2D eigenvalue weighted by Crippen LogP contribution is -2.31. The van der Waals surface area contributed by atoms with Crippen molar-refractivity contribution in [2.24, 2.45) is 0 Å². The second kappa shape index (κ2) is 6.45. The summed E-state index contributed by atoms with van der Waals surface area (Å²) >= 11 is 0. The summed E-state index contributed by atoms with van der Waals surface area (Å²) < 4.78 is 30.3. The molecule has 0 radical (unpaired) electrons. The first-order chi connectivity index (χ1) is 9.11. The molecule has 0 spiro atoms. The van der Waals surface area contributed by atoms with Gasteiger partial charge >= 0.3 is 0 Å². The smallest absolute Gasteiger partial charge is 0.229 e. The highest BCUT2D eigenvalue weighted by atomic mass is 32.2. The molecule has 1 aromatic rings. The number of hydrogen-bond acceptors (Lipinski definition) is 4. The summed E-state index contributed by atoms with van der Waals surface area (Å²) in [4.78, 5) is 0. The molecule has 1 atom stereocenters. The fourth-order valence-corrected chi connectivity index (χ4v) is 2.60. The molecule has 5 nitrogen and oxygen atoms in total. The second-order valence-electron chi connectivity index (χ2n) is 5.67. The van der Waals surface area contributed by atoms with Gasteiger partial charge in [0.1, 0.15) is 0 Å². The first-order valence-electron chi connectivity index (χ1n) is 6.51. The summed E-state index contributed by atoms with van der Waals surface area (Å²) in [6.45, 7) is 6.14. The van der Waals surface area contributed by atoms with Crippen LogP contribution in [-0.2, 0) is 14.8 Å². The molecule has 0 saturated carbocycles. The quantitative estimate of drug-likeness (QED) is 0.812. The van der Waals surface area contributed by atoms with Crippen LogP contribution in [0.15, 0.2) is 24.3 Å². The fourth-order valence-electron chi connectivity index (χ4n) is 2.04. The number of sulfonamides is 1. The Balaban J connectivity index is 2.71. The van der Waals surface area contributed by atoms with E-state index in [9.17, 15) is 8.42 Å². The van der Waals surface area contributed by atoms with E-state index in [1.54, 1.807) is 19.2 Å². The Bertz CT molecular complexity index is 541. The molecule has 0 aliphatic rings. The van der Waals surface area contributed by atoms with E-state index >= 15 is 0 Å². The van der Waals surface area contributed by atoms with E-state index in [4.69, 9.17) is 4.74 Å². The van der Waals surface area contributed by atoms with Crippen LogP contribution in [0.1, 0.15) is 27.2 Å². The molecule has 0 bridgehead atoms. The highest BCUT2D eigenvalue weighted by molar-refractivity contribution is 7.92. The van der Waals surface area contributed by atoms with Crippen molar-refractivity contribution in [1.29, 1.82) is 0 Å². The number of methoxy groups -OCH3 is 1. The van der Waals surface area contributed by atoms with Crippen LogP contribution in [0.5, 0.6) is 0 Å². The van der Waals surface area contributed by atoms with Crippen molar-refractivity contribution in [1.82, 2.24) is 0 Å². The van der Waals surface area contributed by atoms with E-state index in [0.717, 1.165) is 18.4 Å². The van der Waals surface area contributed by atoms with Crippen molar-refractivity contribution in [2.45, 2.75) is 38.8 Å². The van der Waals surface area contributed by atoms with Crippen LogP contribution < -0.4 is 10.0 Å². The Morgan fingerprint density at radius 3 is 2.45 bits per heavy atom. The van der Waals surface area contributed by atoms with Crippen molar-refractivity contribution >= 4 is 21.4 Å². The highest BCUT2D eigenvalue weighted by Gasteiger charge is 2.20. The fraction of sp³-hybridized carbons (Fsp3) is 0.571. The van der Waals surface area contributed by atoms with Gasteiger partial charge in [0, 0.05) is 18.8 Å². The third-order valence-electron chi connectivity index (χ3n) is 2.93. The predicted molar refractivity (Wildman–Crippen MR) is 83.7 cm³/mol. The average molecular weight is 300 g/mol. The number of ether oxygens (including phenoxy) is 1. The molecule has 1 aromatic carbocycles. The van der Waals surface area contributed by atoms with Gasteiger partial charge < -0.3 is 10.1 Å². The summed E-state index contributed by atoms with van der Waals surface area (Å²) in [6.07, 6.45) is 1.98. The zero-order valence-electron chi connectivity index (χ0n) is 12.7. The van der Waals surface area contributed by atoms with Gasteiger partial charge in [-0.25, -0.2) is 8.42 Å². The Labute approximate surface area is 121 Å².